The first-order valence-electron chi connectivity index (χ1n) is 9.52. The zero-order valence-electron chi connectivity index (χ0n) is 16.9. The first-order valence-corrected chi connectivity index (χ1v) is 9.52. The lowest BCUT2D eigenvalue weighted by Crippen LogP contribution is -2.10. The topological polar surface area (TPSA) is 128 Å². The fraction of sp³-hybridized carbons (Fsp3) is 0.0870. The van der Waals surface area contributed by atoms with E-state index in [9.17, 15) is 20.0 Å². The number of furan rings is 2. The van der Waals surface area contributed by atoms with E-state index in [2.05, 4.69) is 5.32 Å². The SMILES string of the molecule is COc1ccc(NC(=O)c2ccc(-c3cccc([N+](=O)[O-])c3)o2)cc1-c1ccc(CO)o1. The van der Waals surface area contributed by atoms with Gasteiger partial charge in [0.25, 0.3) is 11.6 Å². The number of anilines is 1. The van der Waals surface area contributed by atoms with Gasteiger partial charge in [0.1, 0.15) is 29.6 Å². The van der Waals surface area contributed by atoms with Crippen LogP contribution in [-0.2, 0) is 6.61 Å². The van der Waals surface area contributed by atoms with Crippen LogP contribution in [0.3, 0.4) is 0 Å². The number of non-ortho nitro benzene ring substituents is 1. The van der Waals surface area contributed by atoms with Gasteiger partial charge < -0.3 is 24.0 Å². The normalized spacial score (nSPS) is 10.7. The van der Waals surface area contributed by atoms with E-state index in [1.165, 1.54) is 25.3 Å². The van der Waals surface area contributed by atoms with Crippen molar-refractivity contribution in [2.75, 3.05) is 12.4 Å². The Kier molecular flexibility index (Phi) is 5.73. The number of hydrogen-bond donors (Lipinski definition) is 2. The van der Waals surface area contributed by atoms with Gasteiger partial charge in [0.05, 0.1) is 17.6 Å². The molecule has 2 heterocycles. The van der Waals surface area contributed by atoms with E-state index in [0.717, 1.165) is 0 Å². The molecule has 0 radical (unpaired) electrons. The van der Waals surface area contributed by atoms with Gasteiger partial charge in [-0.15, -0.1) is 0 Å². The Morgan fingerprint density at radius 3 is 2.59 bits per heavy atom. The maximum Gasteiger partial charge on any atom is 0.291 e. The van der Waals surface area contributed by atoms with Gasteiger partial charge in [-0.2, -0.15) is 0 Å². The minimum absolute atomic E-state index is 0.0458. The van der Waals surface area contributed by atoms with E-state index < -0.39 is 10.8 Å². The van der Waals surface area contributed by atoms with Crippen LogP contribution >= 0.6 is 0 Å². The molecule has 2 aromatic heterocycles. The number of nitro benzene ring substituents is 1. The molecule has 0 spiro atoms. The fourth-order valence-corrected chi connectivity index (χ4v) is 3.17. The highest BCUT2D eigenvalue weighted by atomic mass is 16.6. The number of nitro groups is 1. The minimum atomic E-state index is -0.496. The van der Waals surface area contributed by atoms with Crippen LogP contribution in [0.2, 0.25) is 0 Å². The molecule has 0 aliphatic heterocycles. The average Bonchev–Trinajstić information content (AvgIpc) is 3.49. The van der Waals surface area contributed by atoms with Crippen LogP contribution in [0.4, 0.5) is 11.4 Å². The predicted molar refractivity (Wildman–Crippen MR) is 115 cm³/mol. The minimum Gasteiger partial charge on any atom is -0.496 e. The van der Waals surface area contributed by atoms with Crippen molar-refractivity contribution in [3.63, 3.8) is 0 Å². The number of amides is 1. The second kappa shape index (κ2) is 8.78. The largest absolute Gasteiger partial charge is 0.496 e. The number of carbonyl (C=O) groups is 1. The summed E-state index contributed by atoms with van der Waals surface area (Å²) in [6.07, 6.45) is 0. The maximum atomic E-state index is 12.7. The van der Waals surface area contributed by atoms with E-state index in [1.54, 1.807) is 48.5 Å². The van der Waals surface area contributed by atoms with Crippen LogP contribution in [-0.4, -0.2) is 23.0 Å². The van der Waals surface area contributed by atoms with E-state index in [-0.39, 0.29) is 18.1 Å². The van der Waals surface area contributed by atoms with Crippen LogP contribution in [0.15, 0.2) is 75.6 Å². The Labute approximate surface area is 182 Å². The molecule has 0 saturated heterocycles. The molecule has 9 heteroatoms. The summed E-state index contributed by atoms with van der Waals surface area (Å²) in [4.78, 5) is 23.2. The summed E-state index contributed by atoms with van der Waals surface area (Å²) in [6, 6.07) is 17.4. The van der Waals surface area contributed by atoms with Gasteiger partial charge in [-0.3, -0.25) is 14.9 Å². The van der Waals surface area contributed by atoms with Crippen LogP contribution < -0.4 is 10.1 Å². The Morgan fingerprint density at radius 1 is 1.06 bits per heavy atom. The number of nitrogens with one attached hydrogen (secondary N) is 1. The number of aliphatic hydroxyl groups is 1. The Bertz CT molecular complexity index is 1290. The van der Waals surface area contributed by atoms with Crippen LogP contribution in [0.5, 0.6) is 5.75 Å². The van der Waals surface area contributed by atoms with Gasteiger partial charge in [0.15, 0.2) is 5.76 Å². The van der Waals surface area contributed by atoms with Crippen molar-refractivity contribution in [2.24, 2.45) is 0 Å². The molecular formula is C23H18N2O7. The standard InChI is InChI=1S/C23H18N2O7/c1-30-20-7-5-15(12-18(20)21-8-6-17(13-26)31-21)24-23(27)22-10-9-19(32-22)14-3-2-4-16(11-14)25(28)29/h2-12,26H,13H2,1H3,(H,24,27). The summed E-state index contributed by atoms with van der Waals surface area (Å²) < 4.78 is 16.6. The lowest BCUT2D eigenvalue weighted by atomic mass is 10.1. The van der Waals surface area contributed by atoms with Crippen LogP contribution in [0, 0.1) is 10.1 Å². The zero-order valence-corrected chi connectivity index (χ0v) is 16.9. The third-order valence-corrected chi connectivity index (χ3v) is 4.71. The van der Waals surface area contributed by atoms with Crippen molar-refractivity contribution in [1.82, 2.24) is 0 Å². The number of nitrogens with zero attached hydrogens (tertiary/aromatic N) is 1. The van der Waals surface area contributed by atoms with Crippen molar-refractivity contribution in [1.29, 1.82) is 0 Å². The molecule has 2 aromatic carbocycles. The summed E-state index contributed by atoms with van der Waals surface area (Å²) >= 11 is 0. The molecular weight excluding hydrogens is 416 g/mol. The molecule has 0 atom stereocenters. The number of rotatable bonds is 7. The molecule has 162 valence electrons. The molecule has 4 rings (SSSR count). The quantitative estimate of drug-likeness (QED) is 0.314. The van der Waals surface area contributed by atoms with Crippen LogP contribution in [0.1, 0.15) is 16.3 Å². The number of carbonyl (C=O) groups excluding carboxylic acids is 1. The summed E-state index contributed by atoms with van der Waals surface area (Å²) in [5.74, 6) is 1.31. The molecule has 0 fully saturated rings. The number of methoxy groups -OCH3 is 1. The monoisotopic (exact) mass is 434 g/mol. The summed E-state index contributed by atoms with van der Waals surface area (Å²) in [7, 11) is 1.52. The summed E-state index contributed by atoms with van der Waals surface area (Å²) in [6.45, 7) is -0.232. The molecule has 9 nitrogen and oxygen atoms in total. The summed E-state index contributed by atoms with van der Waals surface area (Å²) in [5.41, 5.74) is 1.49. The second-order valence-electron chi connectivity index (χ2n) is 6.76. The Hall–Kier alpha value is -4.37. The number of hydrogen-bond acceptors (Lipinski definition) is 7. The highest BCUT2D eigenvalue weighted by Gasteiger charge is 2.17. The van der Waals surface area contributed by atoms with Gasteiger partial charge in [0.2, 0.25) is 0 Å². The molecule has 2 N–H and O–H groups in total. The predicted octanol–water partition coefficient (Wildman–Crippen LogP) is 4.87. The van der Waals surface area contributed by atoms with E-state index in [1.807, 2.05) is 0 Å². The summed E-state index contributed by atoms with van der Waals surface area (Å²) in [5, 5.41) is 23.0. The lowest BCUT2D eigenvalue weighted by Gasteiger charge is -2.10. The molecule has 0 bridgehead atoms. The lowest BCUT2D eigenvalue weighted by molar-refractivity contribution is -0.384. The first-order chi connectivity index (χ1) is 15.5. The van der Waals surface area contributed by atoms with E-state index in [4.69, 9.17) is 13.6 Å². The molecule has 0 aliphatic rings. The highest BCUT2D eigenvalue weighted by molar-refractivity contribution is 6.03. The van der Waals surface area contributed by atoms with Gasteiger partial charge in [-0.05, 0) is 42.5 Å². The van der Waals surface area contributed by atoms with E-state index >= 15 is 0 Å². The van der Waals surface area contributed by atoms with Crippen molar-refractivity contribution in [3.05, 3.63) is 88.4 Å². The Balaban J connectivity index is 1.56. The molecule has 0 saturated carbocycles. The zero-order chi connectivity index (χ0) is 22.7. The van der Waals surface area contributed by atoms with Crippen molar-refractivity contribution in [3.8, 4) is 28.4 Å². The van der Waals surface area contributed by atoms with E-state index in [0.29, 0.717) is 39.8 Å². The third-order valence-electron chi connectivity index (χ3n) is 4.71. The average molecular weight is 434 g/mol. The van der Waals surface area contributed by atoms with Gasteiger partial charge >= 0.3 is 0 Å². The maximum absolute atomic E-state index is 12.7. The highest BCUT2D eigenvalue weighted by Crippen LogP contribution is 2.34. The molecule has 4 aromatic rings. The third kappa shape index (κ3) is 4.23. The van der Waals surface area contributed by atoms with Crippen molar-refractivity contribution < 1.29 is 28.4 Å². The second-order valence-corrected chi connectivity index (χ2v) is 6.76. The number of ether oxygens (including phenoxy) is 1. The molecule has 0 unspecified atom stereocenters. The first kappa shape index (κ1) is 20.9. The molecule has 0 aliphatic carbocycles. The van der Waals surface area contributed by atoms with Gasteiger partial charge in [-0.1, -0.05) is 12.1 Å². The van der Waals surface area contributed by atoms with Gasteiger partial charge in [0, 0.05) is 23.4 Å². The number of aliphatic hydroxyl groups excluding tert-OH is 1. The van der Waals surface area contributed by atoms with Crippen LogP contribution in [0.25, 0.3) is 22.6 Å². The molecule has 1 amide bonds. The number of benzene rings is 2. The molecule has 32 heavy (non-hydrogen) atoms. The van der Waals surface area contributed by atoms with Crippen molar-refractivity contribution >= 4 is 17.3 Å². The smallest absolute Gasteiger partial charge is 0.291 e. The Morgan fingerprint density at radius 2 is 1.88 bits per heavy atom. The van der Waals surface area contributed by atoms with Gasteiger partial charge in [-0.25, -0.2) is 0 Å². The van der Waals surface area contributed by atoms with Crippen molar-refractivity contribution in [2.45, 2.75) is 6.61 Å². The fourth-order valence-electron chi connectivity index (χ4n) is 3.17.